The van der Waals surface area contributed by atoms with E-state index in [4.69, 9.17) is 16.3 Å². The Morgan fingerprint density at radius 2 is 2.00 bits per heavy atom. The van der Waals surface area contributed by atoms with Gasteiger partial charge < -0.3 is 15.2 Å². The van der Waals surface area contributed by atoms with Crippen LogP contribution in [0.5, 0.6) is 5.88 Å². The zero-order valence-electron chi connectivity index (χ0n) is 18.7. The van der Waals surface area contributed by atoms with Gasteiger partial charge in [-0.1, -0.05) is 17.7 Å². The second-order valence-corrected chi connectivity index (χ2v) is 7.81. The molecule has 2 heterocycles. The van der Waals surface area contributed by atoms with Gasteiger partial charge >= 0.3 is 11.9 Å². The summed E-state index contributed by atoms with van der Waals surface area (Å²) >= 11 is 6.06. The lowest BCUT2D eigenvalue weighted by molar-refractivity contribution is -0.190. The Morgan fingerprint density at radius 3 is 2.57 bits per heavy atom. The molecule has 1 aromatic carbocycles. The number of carbonyl (C=O) groups excluding carboxylic acids is 1. The van der Waals surface area contributed by atoms with Crippen molar-refractivity contribution in [1.29, 1.82) is 0 Å². The number of ether oxygens (including phenoxy) is 1. The van der Waals surface area contributed by atoms with E-state index in [-0.39, 0.29) is 23.1 Å². The van der Waals surface area contributed by atoms with Gasteiger partial charge in [-0.2, -0.15) is 22.8 Å². The van der Waals surface area contributed by atoms with E-state index in [2.05, 4.69) is 15.4 Å². The SMILES string of the molecule is CCn1c(CO)nn(-c2nc(O[C@@H](C)C(F)(F)F)c(C(=O)Nc3cc(C)ccc3Cl)cc2F)c1=O. The Labute approximate surface area is 200 Å². The molecule has 0 fully saturated rings. The van der Waals surface area contributed by atoms with Crippen molar-refractivity contribution in [3.05, 3.63) is 62.5 Å². The topological polar surface area (TPSA) is 111 Å². The highest BCUT2D eigenvalue weighted by Crippen LogP contribution is 2.29. The number of halogens is 5. The van der Waals surface area contributed by atoms with Crippen LogP contribution < -0.4 is 15.7 Å². The maximum Gasteiger partial charge on any atom is 0.425 e. The van der Waals surface area contributed by atoms with Crippen LogP contribution in [0.3, 0.4) is 0 Å². The van der Waals surface area contributed by atoms with Crippen LogP contribution in [0.4, 0.5) is 23.2 Å². The number of nitrogens with one attached hydrogen (secondary N) is 1. The van der Waals surface area contributed by atoms with Crippen LogP contribution >= 0.6 is 11.6 Å². The zero-order chi connectivity index (χ0) is 26.1. The molecule has 188 valence electrons. The molecule has 0 saturated carbocycles. The monoisotopic (exact) mass is 517 g/mol. The van der Waals surface area contributed by atoms with Gasteiger partial charge in [0.15, 0.2) is 23.6 Å². The molecule has 14 heteroatoms. The van der Waals surface area contributed by atoms with Crippen molar-refractivity contribution in [1.82, 2.24) is 19.3 Å². The standard InChI is InChI=1S/C21H20ClF4N5O4/c1-4-30-16(9-32)29-31(20(30)34)17-14(23)8-12(19(28-17)35-11(3)21(24,25)26)18(33)27-15-7-10(2)5-6-13(15)22/h5-8,11,32H,4,9H2,1-3H3,(H,27,33)/t11-/m0/s1. The third kappa shape index (κ3) is 5.46. The average molecular weight is 518 g/mol. The van der Waals surface area contributed by atoms with Gasteiger partial charge in [0.05, 0.1) is 10.7 Å². The molecular formula is C21H20ClF4N5O4. The summed E-state index contributed by atoms with van der Waals surface area (Å²) in [6.07, 6.45) is -7.27. The Kier molecular flexibility index (Phi) is 7.50. The van der Waals surface area contributed by atoms with Gasteiger partial charge in [0, 0.05) is 6.54 Å². The van der Waals surface area contributed by atoms with Crippen molar-refractivity contribution in [2.24, 2.45) is 0 Å². The number of aromatic nitrogens is 4. The van der Waals surface area contributed by atoms with Gasteiger partial charge in [0.1, 0.15) is 12.2 Å². The van der Waals surface area contributed by atoms with E-state index in [1.165, 1.54) is 12.1 Å². The van der Waals surface area contributed by atoms with E-state index in [1.807, 2.05) is 0 Å². The Bertz CT molecular complexity index is 1320. The van der Waals surface area contributed by atoms with Crippen molar-refractivity contribution in [3.63, 3.8) is 0 Å². The van der Waals surface area contributed by atoms with Crippen LogP contribution in [0.1, 0.15) is 35.6 Å². The quantitative estimate of drug-likeness (QED) is 0.463. The van der Waals surface area contributed by atoms with Crippen molar-refractivity contribution in [2.45, 2.75) is 46.2 Å². The van der Waals surface area contributed by atoms with Crippen LogP contribution in [-0.2, 0) is 13.2 Å². The van der Waals surface area contributed by atoms with Crippen molar-refractivity contribution in [3.8, 4) is 11.7 Å². The predicted molar refractivity (Wildman–Crippen MR) is 117 cm³/mol. The first-order valence-corrected chi connectivity index (χ1v) is 10.6. The van der Waals surface area contributed by atoms with E-state index in [1.54, 1.807) is 19.9 Å². The number of aliphatic hydroxyl groups is 1. The van der Waals surface area contributed by atoms with E-state index in [9.17, 15) is 27.9 Å². The molecule has 0 aliphatic rings. The molecule has 1 amide bonds. The fraction of sp³-hybridized carbons (Fsp3) is 0.333. The van der Waals surface area contributed by atoms with E-state index in [0.717, 1.165) is 10.1 Å². The Hall–Kier alpha value is -3.45. The zero-order valence-corrected chi connectivity index (χ0v) is 19.4. The van der Waals surface area contributed by atoms with Crippen LogP contribution in [0.2, 0.25) is 5.02 Å². The molecule has 3 rings (SSSR count). The molecule has 0 aliphatic carbocycles. The van der Waals surface area contributed by atoms with Crippen molar-refractivity contribution >= 4 is 23.2 Å². The van der Waals surface area contributed by atoms with Crippen LogP contribution in [0.25, 0.3) is 5.82 Å². The molecule has 35 heavy (non-hydrogen) atoms. The number of hydrogen-bond donors (Lipinski definition) is 2. The van der Waals surface area contributed by atoms with Gasteiger partial charge in [0.25, 0.3) is 5.91 Å². The molecule has 0 bridgehead atoms. The number of anilines is 1. The lowest BCUT2D eigenvalue weighted by Crippen LogP contribution is -2.33. The number of amides is 1. The van der Waals surface area contributed by atoms with E-state index < -0.39 is 53.6 Å². The molecule has 2 aromatic heterocycles. The fourth-order valence-electron chi connectivity index (χ4n) is 3.03. The van der Waals surface area contributed by atoms with E-state index >= 15 is 4.39 Å². The summed E-state index contributed by atoms with van der Waals surface area (Å²) in [7, 11) is 0. The van der Waals surface area contributed by atoms with Crippen molar-refractivity contribution in [2.75, 3.05) is 5.32 Å². The summed E-state index contributed by atoms with van der Waals surface area (Å²) < 4.78 is 60.9. The molecular weight excluding hydrogens is 498 g/mol. The second-order valence-electron chi connectivity index (χ2n) is 7.40. The minimum atomic E-state index is -4.84. The number of benzene rings is 1. The number of aryl methyl sites for hydroxylation is 1. The minimum absolute atomic E-state index is 0.0720. The van der Waals surface area contributed by atoms with Crippen LogP contribution in [0.15, 0.2) is 29.1 Å². The molecule has 1 atom stereocenters. The summed E-state index contributed by atoms with van der Waals surface area (Å²) in [4.78, 5) is 29.2. The molecule has 3 aromatic rings. The number of hydrogen-bond acceptors (Lipinski definition) is 6. The largest absolute Gasteiger partial charge is 0.464 e. The lowest BCUT2D eigenvalue weighted by Gasteiger charge is -2.19. The molecule has 0 saturated heterocycles. The number of aliphatic hydroxyl groups excluding tert-OH is 1. The molecule has 0 radical (unpaired) electrons. The third-order valence-corrected chi connectivity index (χ3v) is 5.21. The van der Waals surface area contributed by atoms with E-state index in [0.29, 0.717) is 17.7 Å². The summed E-state index contributed by atoms with van der Waals surface area (Å²) in [6.45, 7) is 3.37. The number of pyridine rings is 1. The molecule has 9 nitrogen and oxygen atoms in total. The van der Waals surface area contributed by atoms with Gasteiger partial charge in [-0.15, -0.1) is 5.10 Å². The van der Waals surface area contributed by atoms with Crippen LogP contribution in [-0.4, -0.2) is 42.6 Å². The highest BCUT2D eigenvalue weighted by Gasteiger charge is 2.39. The highest BCUT2D eigenvalue weighted by atomic mass is 35.5. The van der Waals surface area contributed by atoms with Crippen LogP contribution in [0, 0.1) is 12.7 Å². The number of carbonyl (C=O) groups is 1. The summed E-state index contributed by atoms with van der Waals surface area (Å²) in [5.74, 6) is -4.13. The maximum atomic E-state index is 15.0. The summed E-state index contributed by atoms with van der Waals surface area (Å²) in [5.41, 5.74) is -0.731. The maximum absolute atomic E-state index is 15.0. The first-order valence-electron chi connectivity index (χ1n) is 10.2. The minimum Gasteiger partial charge on any atom is -0.464 e. The number of nitrogens with zero attached hydrogens (tertiary/aromatic N) is 4. The van der Waals surface area contributed by atoms with Crippen molar-refractivity contribution < 1.29 is 32.2 Å². The molecule has 0 aliphatic heterocycles. The second kappa shape index (κ2) is 10.0. The summed E-state index contributed by atoms with van der Waals surface area (Å²) in [6, 6.07) is 5.24. The number of alkyl halides is 3. The smallest absolute Gasteiger partial charge is 0.425 e. The van der Waals surface area contributed by atoms with Gasteiger partial charge in [-0.05, 0) is 44.5 Å². The van der Waals surface area contributed by atoms with Gasteiger partial charge in [-0.3, -0.25) is 9.36 Å². The fourth-order valence-corrected chi connectivity index (χ4v) is 3.20. The number of rotatable bonds is 7. The normalized spacial score (nSPS) is 12.5. The molecule has 0 spiro atoms. The first kappa shape index (κ1) is 26.2. The molecule has 2 N–H and O–H groups in total. The molecule has 0 unspecified atom stereocenters. The first-order chi connectivity index (χ1) is 16.4. The Balaban J connectivity index is 2.14. The predicted octanol–water partition coefficient (Wildman–Crippen LogP) is 3.62. The van der Waals surface area contributed by atoms with Gasteiger partial charge in [0.2, 0.25) is 5.88 Å². The van der Waals surface area contributed by atoms with Gasteiger partial charge in [-0.25, -0.2) is 9.18 Å². The highest BCUT2D eigenvalue weighted by molar-refractivity contribution is 6.34. The Morgan fingerprint density at radius 1 is 1.31 bits per heavy atom. The third-order valence-electron chi connectivity index (χ3n) is 4.88. The lowest BCUT2D eigenvalue weighted by atomic mass is 10.2. The average Bonchev–Trinajstić information content (AvgIpc) is 3.11. The summed E-state index contributed by atoms with van der Waals surface area (Å²) in [5, 5.41) is 15.7.